The van der Waals surface area contributed by atoms with Gasteiger partial charge in [0, 0.05) is 6.61 Å². The molecule has 0 aliphatic heterocycles. The fraction of sp³-hybridized carbons (Fsp3) is 0.818. The minimum atomic E-state index is 0. The van der Waals surface area contributed by atoms with Gasteiger partial charge in [-0.3, -0.25) is 0 Å². The number of rotatable bonds is 7. The molecule has 14 heavy (non-hydrogen) atoms. The van der Waals surface area contributed by atoms with Crippen molar-refractivity contribution < 1.29 is 26.6 Å². The van der Waals surface area contributed by atoms with E-state index in [2.05, 4.69) is 25.5 Å². The van der Waals surface area contributed by atoms with E-state index in [0.717, 1.165) is 25.7 Å². The maximum Gasteiger partial charge on any atom is 2.00 e. The first-order chi connectivity index (χ1) is 6.33. The molecule has 0 bridgehead atoms. The molecule has 3 heteroatoms. The second-order valence-corrected chi connectivity index (χ2v) is 2.85. The molecule has 0 aromatic rings. The van der Waals surface area contributed by atoms with E-state index in [-0.39, 0.29) is 17.1 Å². The zero-order valence-electron chi connectivity index (χ0n) is 9.33. The van der Waals surface area contributed by atoms with Gasteiger partial charge in [-0.1, -0.05) is 46.0 Å². The van der Waals surface area contributed by atoms with Crippen molar-refractivity contribution in [1.29, 1.82) is 0 Å². The molecule has 0 spiro atoms. The third-order valence-electron chi connectivity index (χ3n) is 1.51. The summed E-state index contributed by atoms with van der Waals surface area (Å²) >= 11 is 0. The minimum Gasteiger partial charge on any atom is -0.653 e. The molecule has 0 aliphatic rings. The van der Waals surface area contributed by atoms with E-state index < -0.39 is 0 Å². The molecule has 0 aromatic heterocycles. The van der Waals surface area contributed by atoms with Crippen LogP contribution in [0.4, 0.5) is 0 Å². The van der Waals surface area contributed by atoms with E-state index in [1.807, 2.05) is 0 Å². The van der Waals surface area contributed by atoms with Crippen molar-refractivity contribution in [3.63, 3.8) is 0 Å². The van der Waals surface area contributed by atoms with Crippen LogP contribution >= 0.6 is 0 Å². The summed E-state index contributed by atoms with van der Waals surface area (Å²) < 4.78 is 4.33. The van der Waals surface area contributed by atoms with Gasteiger partial charge in [0.05, 0.1) is 0 Å². The summed E-state index contributed by atoms with van der Waals surface area (Å²) in [6.45, 7) is 9.85. The molecule has 0 radical (unpaired) electrons. The number of ether oxygens (including phenoxy) is 1. The van der Waals surface area contributed by atoms with Gasteiger partial charge < -0.3 is 16.5 Å². The Morgan fingerprint density at radius 1 is 1.14 bits per heavy atom. The fourth-order valence-corrected chi connectivity index (χ4v) is 0.716. The normalized spacial score (nSPS) is 7.93. The summed E-state index contributed by atoms with van der Waals surface area (Å²) in [5.41, 5.74) is 0. The molecule has 0 N–H and O–H groups in total. The van der Waals surface area contributed by atoms with Crippen LogP contribution in [0.3, 0.4) is 0 Å². The molecule has 0 saturated carbocycles. The molecular weight excluding hydrogens is 220 g/mol. The fourth-order valence-electron chi connectivity index (χ4n) is 0.716. The Balaban J connectivity index is -0.000000177. The van der Waals surface area contributed by atoms with Crippen LogP contribution in [0.2, 0.25) is 0 Å². The average molecular weight is 242 g/mol. The second kappa shape index (κ2) is 23.1. The maximum absolute atomic E-state index is 9.42. The Morgan fingerprint density at radius 3 is 2.00 bits per heavy atom. The van der Waals surface area contributed by atoms with Crippen molar-refractivity contribution in [2.24, 2.45) is 0 Å². The first kappa shape index (κ1) is 19.5. The van der Waals surface area contributed by atoms with Crippen molar-refractivity contribution in [1.82, 2.24) is 0 Å². The summed E-state index contributed by atoms with van der Waals surface area (Å²) in [5.74, 6) is 0. The van der Waals surface area contributed by atoms with Crippen molar-refractivity contribution in [3.8, 4) is 0 Å². The van der Waals surface area contributed by atoms with Crippen LogP contribution in [0.15, 0.2) is 0 Å². The van der Waals surface area contributed by atoms with Crippen LogP contribution in [0.5, 0.6) is 0 Å². The van der Waals surface area contributed by atoms with Crippen LogP contribution in [0.1, 0.15) is 52.4 Å². The molecule has 86 valence electrons. The van der Waals surface area contributed by atoms with Gasteiger partial charge in [-0.25, -0.2) is 0 Å². The van der Waals surface area contributed by atoms with E-state index >= 15 is 0 Å². The largest absolute Gasteiger partial charge is 2.00 e. The average Bonchev–Trinajstić information content (AvgIpc) is 2.15. The Hall–Kier alpha value is -0.0105. The van der Waals surface area contributed by atoms with Gasteiger partial charge in [0.15, 0.2) is 0 Å². The van der Waals surface area contributed by atoms with Crippen LogP contribution < -0.4 is 0 Å². The molecule has 0 fully saturated rings. The van der Waals surface area contributed by atoms with Crippen molar-refractivity contribution in [2.45, 2.75) is 52.4 Å². The van der Waals surface area contributed by atoms with Gasteiger partial charge in [-0.2, -0.15) is 6.42 Å². The molecule has 0 atom stereocenters. The smallest absolute Gasteiger partial charge is 0.653 e. The van der Waals surface area contributed by atoms with Crippen molar-refractivity contribution in [3.05, 3.63) is 6.92 Å². The molecule has 0 aliphatic carbocycles. The van der Waals surface area contributed by atoms with E-state index in [1.165, 1.54) is 19.3 Å². The summed E-state index contributed by atoms with van der Waals surface area (Å²) in [7, 11) is 0. The maximum atomic E-state index is 9.42. The summed E-state index contributed by atoms with van der Waals surface area (Å²) in [6.07, 6.45) is 6.90. The van der Waals surface area contributed by atoms with Crippen LogP contribution in [0, 0.1) is 6.92 Å². The van der Waals surface area contributed by atoms with Crippen LogP contribution in [-0.2, 0) is 26.6 Å². The summed E-state index contributed by atoms with van der Waals surface area (Å²) in [4.78, 5) is 9.42. The quantitative estimate of drug-likeness (QED) is 0.389. The molecule has 0 heterocycles. The Morgan fingerprint density at radius 2 is 1.71 bits per heavy atom. The van der Waals surface area contributed by atoms with Gasteiger partial charge in [-0.05, 0) is 6.42 Å². The molecule has 0 unspecified atom stereocenters. The summed E-state index contributed by atoms with van der Waals surface area (Å²) in [6, 6.07) is 0. The molecular formula is C11H22FeO2. The predicted octanol–water partition coefficient (Wildman–Crippen LogP) is 3.27. The molecule has 0 saturated heterocycles. The first-order valence-electron chi connectivity index (χ1n) is 5.11. The van der Waals surface area contributed by atoms with Gasteiger partial charge in [0.2, 0.25) is 0 Å². The van der Waals surface area contributed by atoms with Crippen molar-refractivity contribution in [2.75, 3.05) is 6.61 Å². The summed E-state index contributed by atoms with van der Waals surface area (Å²) in [5, 5.41) is 0. The Labute approximate surface area is 99.3 Å². The van der Waals surface area contributed by atoms with E-state index in [0.29, 0.717) is 6.61 Å². The van der Waals surface area contributed by atoms with E-state index in [9.17, 15) is 4.79 Å². The van der Waals surface area contributed by atoms with Gasteiger partial charge in [-0.15, -0.1) is 0 Å². The number of hydrogen-bond acceptors (Lipinski definition) is 2. The molecule has 2 nitrogen and oxygen atoms in total. The SMILES string of the molecule is CCCCCO[C-]=O.[CH2-]CCCC.[Fe+2]. The standard InChI is InChI=1S/C6H11O2.C5H11.Fe/c1-2-3-4-5-8-6-7;1-3-5-4-2;/h2-5H2,1H3;1,3-5H2,2H3;/q2*-1;+2. The van der Waals surface area contributed by atoms with Crippen LogP contribution in [0.25, 0.3) is 0 Å². The molecule has 0 rings (SSSR count). The van der Waals surface area contributed by atoms with Crippen molar-refractivity contribution >= 4 is 6.47 Å². The number of hydrogen-bond donors (Lipinski definition) is 0. The second-order valence-electron chi connectivity index (χ2n) is 2.85. The minimum absolute atomic E-state index is 0. The van der Waals surface area contributed by atoms with E-state index in [4.69, 9.17) is 0 Å². The van der Waals surface area contributed by atoms with E-state index in [1.54, 1.807) is 0 Å². The number of carbonyl (C=O) groups excluding carboxylic acids is 1. The zero-order chi connectivity index (χ0) is 10.4. The van der Waals surface area contributed by atoms with Gasteiger partial charge in [0.1, 0.15) is 0 Å². The monoisotopic (exact) mass is 242 g/mol. The Bertz CT molecular complexity index is 85.4. The molecule has 0 aromatic carbocycles. The topological polar surface area (TPSA) is 26.3 Å². The van der Waals surface area contributed by atoms with Gasteiger partial charge >= 0.3 is 17.1 Å². The number of unbranched alkanes of at least 4 members (excludes halogenated alkanes) is 4. The molecule has 0 amide bonds. The van der Waals surface area contributed by atoms with Gasteiger partial charge in [0.25, 0.3) is 0 Å². The first-order valence-corrected chi connectivity index (χ1v) is 5.11. The third-order valence-corrected chi connectivity index (χ3v) is 1.51. The zero-order valence-corrected chi connectivity index (χ0v) is 10.4. The predicted molar refractivity (Wildman–Crippen MR) is 56.1 cm³/mol. The third kappa shape index (κ3) is 29.6. The Kier molecular flexibility index (Phi) is 32.3. The van der Waals surface area contributed by atoms with Crippen LogP contribution in [-0.4, -0.2) is 13.1 Å².